The normalized spacial score (nSPS) is 12.3. The van der Waals surface area contributed by atoms with Gasteiger partial charge in [-0.2, -0.15) is 13.2 Å². The van der Waals surface area contributed by atoms with Gasteiger partial charge in [0.05, 0.1) is 17.1 Å². The fourth-order valence-corrected chi connectivity index (χ4v) is 3.47. The van der Waals surface area contributed by atoms with Crippen molar-refractivity contribution in [2.24, 2.45) is 0 Å². The zero-order chi connectivity index (χ0) is 15.5. The van der Waals surface area contributed by atoms with Gasteiger partial charge in [0.25, 0.3) is 0 Å². The Bertz CT molecular complexity index is 712. The Morgan fingerprint density at radius 2 is 1.57 bits per heavy atom. The molecule has 0 atom stereocenters. The molecule has 3 nitrogen and oxygen atoms in total. The van der Waals surface area contributed by atoms with Gasteiger partial charge in [-0.1, -0.05) is 18.2 Å². The van der Waals surface area contributed by atoms with Crippen LogP contribution in [0.2, 0.25) is 0 Å². The minimum Gasteiger partial charge on any atom is -0.265 e. The van der Waals surface area contributed by atoms with Gasteiger partial charge in [-0.25, -0.2) is 8.42 Å². The van der Waals surface area contributed by atoms with Crippen LogP contribution < -0.4 is 0 Å². The lowest BCUT2D eigenvalue weighted by Gasteiger charge is -2.12. The van der Waals surface area contributed by atoms with Crippen LogP contribution >= 0.6 is 0 Å². The summed E-state index contributed by atoms with van der Waals surface area (Å²) in [5.74, 6) is -0.966. The van der Waals surface area contributed by atoms with Crippen molar-refractivity contribution in [1.29, 1.82) is 0 Å². The number of sulfone groups is 1. The number of pyridine rings is 1. The van der Waals surface area contributed by atoms with E-state index in [0.29, 0.717) is 5.56 Å². The highest BCUT2D eigenvalue weighted by Gasteiger charge is 2.33. The maximum atomic E-state index is 12.8. The lowest BCUT2D eigenvalue weighted by molar-refractivity contribution is -0.138. The van der Waals surface area contributed by atoms with Crippen LogP contribution in [0.15, 0.2) is 48.8 Å². The monoisotopic (exact) mass is 315 g/mol. The molecule has 0 bridgehead atoms. The third-order valence-corrected chi connectivity index (χ3v) is 4.36. The maximum absolute atomic E-state index is 12.8. The second kappa shape index (κ2) is 5.85. The quantitative estimate of drug-likeness (QED) is 0.870. The average molecular weight is 315 g/mol. The summed E-state index contributed by atoms with van der Waals surface area (Å²) in [6, 6.07) is 7.75. The molecule has 1 heterocycles. The highest BCUT2D eigenvalue weighted by Crippen LogP contribution is 2.32. The molecule has 0 N–H and O–H groups in total. The van der Waals surface area contributed by atoms with Gasteiger partial charge in [-0.15, -0.1) is 0 Å². The Morgan fingerprint density at radius 3 is 2.19 bits per heavy atom. The summed E-state index contributed by atoms with van der Waals surface area (Å²) in [5.41, 5.74) is -0.656. The molecule has 0 radical (unpaired) electrons. The Kier molecular flexibility index (Phi) is 4.32. The Hall–Kier alpha value is -1.89. The first kappa shape index (κ1) is 15.5. The molecule has 0 saturated carbocycles. The van der Waals surface area contributed by atoms with Gasteiger partial charge in [-0.3, -0.25) is 4.98 Å². The number of rotatable bonds is 4. The smallest absolute Gasteiger partial charge is 0.265 e. The molecule has 0 aliphatic rings. The van der Waals surface area contributed by atoms with Gasteiger partial charge in [0, 0.05) is 12.4 Å². The van der Waals surface area contributed by atoms with Gasteiger partial charge in [0.2, 0.25) is 0 Å². The Morgan fingerprint density at radius 1 is 0.952 bits per heavy atom. The summed E-state index contributed by atoms with van der Waals surface area (Å²) in [4.78, 5) is 3.76. The predicted octanol–water partition coefficient (Wildman–Crippen LogP) is 3.22. The standard InChI is InChI=1S/C14H12F3NO2S/c15-14(16,17)13-4-2-1-3-12(13)10-21(19,20)9-11-5-7-18-8-6-11/h1-8H,9-10H2. The predicted molar refractivity (Wildman–Crippen MR) is 72.0 cm³/mol. The summed E-state index contributed by atoms with van der Waals surface area (Å²) >= 11 is 0. The number of nitrogens with zero attached hydrogens (tertiary/aromatic N) is 1. The van der Waals surface area contributed by atoms with Crippen LogP contribution in [-0.2, 0) is 27.5 Å². The summed E-state index contributed by atoms with van der Waals surface area (Å²) < 4.78 is 62.7. The van der Waals surface area contributed by atoms with Gasteiger partial charge >= 0.3 is 6.18 Å². The Balaban J connectivity index is 2.26. The van der Waals surface area contributed by atoms with Crippen molar-refractivity contribution in [1.82, 2.24) is 4.98 Å². The van der Waals surface area contributed by atoms with Gasteiger partial charge in [0.1, 0.15) is 0 Å². The molecule has 21 heavy (non-hydrogen) atoms. The van der Waals surface area contributed by atoms with Crippen molar-refractivity contribution in [2.45, 2.75) is 17.7 Å². The third-order valence-electron chi connectivity index (χ3n) is 2.83. The van der Waals surface area contributed by atoms with Crippen molar-refractivity contribution >= 4 is 9.84 Å². The number of halogens is 3. The highest BCUT2D eigenvalue weighted by molar-refractivity contribution is 7.89. The van der Waals surface area contributed by atoms with E-state index in [1.807, 2.05) is 0 Å². The molecule has 2 rings (SSSR count). The van der Waals surface area contributed by atoms with Crippen LogP contribution in [0.4, 0.5) is 13.2 Å². The van der Waals surface area contributed by atoms with Crippen molar-refractivity contribution in [3.63, 3.8) is 0 Å². The summed E-state index contributed by atoms with van der Waals surface area (Å²) in [6.45, 7) is 0. The van der Waals surface area contributed by atoms with Crippen molar-refractivity contribution < 1.29 is 21.6 Å². The zero-order valence-electron chi connectivity index (χ0n) is 10.8. The van der Waals surface area contributed by atoms with E-state index in [0.717, 1.165) is 6.07 Å². The summed E-state index contributed by atoms with van der Waals surface area (Å²) in [5, 5.41) is 0. The van der Waals surface area contributed by atoms with Gasteiger partial charge in [0.15, 0.2) is 9.84 Å². The molecule has 0 unspecified atom stereocenters. The fraction of sp³-hybridized carbons (Fsp3) is 0.214. The highest BCUT2D eigenvalue weighted by atomic mass is 32.2. The van der Waals surface area contributed by atoms with Crippen LogP contribution in [0, 0.1) is 0 Å². The molecule has 7 heteroatoms. The van der Waals surface area contributed by atoms with Crippen molar-refractivity contribution in [3.8, 4) is 0 Å². The molecule has 0 spiro atoms. The molecule has 1 aromatic heterocycles. The number of alkyl halides is 3. The second-order valence-corrected chi connectivity index (χ2v) is 6.61. The average Bonchev–Trinajstić information content (AvgIpc) is 2.38. The van der Waals surface area contributed by atoms with E-state index >= 15 is 0 Å². The second-order valence-electron chi connectivity index (χ2n) is 4.54. The first-order valence-electron chi connectivity index (χ1n) is 6.02. The molecule has 0 saturated heterocycles. The molecular formula is C14H12F3NO2S. The van der Waals surface area contributed by atoms with E-state index in [1.165, 1.54) is 42.7 Å². The van der Waals surface area contributed by atoms with E-state index < -0.39 is 27.3 Å². The zero-order valence-corrected chi connectivity index (χ0v) is 11.7. The van der Waals surface area contributed by atoms with E-state index in [4.69, 9.17) is 0 Å². The molecular weight excluding hydrogens is 303 g/mol. The number of hydrogen-bond donors (Lipinski definition) is 0. The van der Waals surface area contributed by atoms with E-state index in [1.54, 1.807) is 0 Å². The third kappa shape index (κ3) is 4.29. The van der Waals surface area contributed by atoms with Crippen LogP contribution in [0.25, 0.3) is 0 Å². The number of benzene rings is 1. The van der Waals surface area contributed by atoms with E-state index in [9.17, 15) is 21.6 Å². The minimum atomic E-state index is -4.57. The molecule has 112 valence electrons. The molecule has 1 aromatic carbocycles. The molecule has 0 aliphatic heterocycles. The van der Waals surface area contributed by atoms with E-state index in [2.05, 4.69) is 4.98 Å². The van der Waals surface area contributed by atoms with Crippen molar-refractivity contribution in [3.05, 3.63) is 65.5 Å². The summed E-state index contributed by atoms with van der Waals surface area (Å²) in [6.07, 6.45) is -1.69. The maximum Gasteiger partial charge on any atom is 0.416 e. The SMILES string of the molecule is O=S(=O)(Cc1ccncc1)Cc1ccccc1C(F)(F)F. The van der Waals surface area contributed by atoms with Crippen LogP contribution in [0.3, 0.4) is 0 Å². The molecule has 0 fully saturated rings. The first-order valence-corrected chi connectivity index (χ1v) is 7.84. The topological polar surface area (TPSA) is 47.0 Å². The first-order chi connectivity index (χ1) is 9.78. The van der Waals surface area contributed by atoms with Gasteiger partial charge < -0.3 is 0 Å². The largest absolute Gasteiger partial charge is 0.416 e. The molecule has 0 aliphatic carbocycles. The molecule has 0 amide bonds. The van der Waals surface area contributed by atoms with Crippen LogP contribution in [0.1, 0.15) is 16.7 Å². The lowest BCUT2D eigenvalue weighted by Crippen LogP contribution is -2.14. The van der Waals surface area contributed by atoms with Gasteiger partial charge in [-0.05, 0) is 29.3 Å². The van der Waals surface area contributed by atoms with Crippen LogP contribution in [-0.4, -0.2) is 13.4 Å². The van der Waals surface area contributed by atoms with Crippen LogP contribution in [0.5, 0.6) is 0 Å². The van der Waals surface area contributed by atoms with E-state index in [-0.39, 0.29) is 11.3 Å². The van der Waals surface area contributed by atoms with Crippen molar-refractivity contribution in [2.75, 3.05) is 0 Å². The number of hydrogen-bond acceptors (Lipinski definition) is 3. The minimum absolute atomic E-state index is 0.237. The summed E-state index contributed by atoms with van der Waals surface area (Å²) in [7, 11) is -3.70. The molecule has 2 aromatic rings. The fourth-order valence-electron chi connectivity index (χ4n) is 1.94. The lowest BCUT2D eigenvalue weighted by atomic mass is 10.1. The number of aromatic nitrogens is 1. The Labute approximate surface area is 120 Å².